The van der Waals surface area contributed by atoms with Crippen molar-refractivity contribution < 1.29 is 14.3 Å². The molecule has 3 atom stereocenters. The van der Waals surface area contributed by atoms with Gasteiger partial charge in [0, 0.05) is 36.0 Å². The van der Waals surface area contributed by atoms with E-state index in [1.165, 1.54) is 43.1 Å². The van der Waals surface area contributed by atoms with E-state index in [1.54, 1.807) is 0 Å². The summed E-state index contributed by atoms with van der Waals surface area (Å²) in [6.45, 7) is 5.50. The second-order valence-electron chi connectivity index (χ2n) is 8.13. The number of nitrogens with zero attached hydrogens (tertiary/aromatic N) is 1. The van der Waals surface area contributed by atoms with Gasteiger partial charge in [0.05, 0.1) is 0 Å². The van der Waals surface area contributed by atoms with Crippen molar-refractivity contribution in [2.75, 3.05) is 13.2 Å². The molecule has 1 N–H and O–H groups in total. The van der Waals surface area contributed by atoms with Gasteiger partial charge in [-0.05, 0) is 52.0 Å². The molecule has 0 saturated carbocycles. The van der Waals surface area contributed by atoms with Crippen molar-refractivity contribution in [3.05, 3.63) is 29.5 Å². The van der Waals surface area contributed by atoms with E-state index < -0.39 is 6.10 Å². The molecule has 1 aliphatic heterocycles. The Kier molecular flexibility index (Phi) is 5.23. The molecule has 142 valence electrons. The Morgan fingerprint density at radius 1 is 1.15 bits per heavy atom. The van der Waals surface area contributed by atoms with Gasteiger partial charge in [0.2, 0.25) is 0 Å². The minimum Gasteiger partial charge on any atom is -0.487 e. The normalized spacial score (nSPS) is 25.2. The van der Waals surface area contributed by atoms with Crippen molar-refractivity contribution in [2.45, 2.75) is 77.0 Å². The van der Waals surface area contributed by atoms with Crippen LogP contribution >= 0.6 is 0 Å². The van der Waals surface area contributed by atoms with Gasteiger partial charge in [-0.15, -0.1) is 0 Å². The zero-order valence-corrected chi connectivity index (χ0v) is 16.0. The van der Waals surface area contributed by atoms with Crippen molar-refractivity contribution in [3.8, 4) is 5.75 Å². The number of ether oxygens (including phenoxy) is 1. The maximum absolute atomic E-state index is 10.5. The van der Waals surface area contributed by atoms with Gasteiger partial charge in [-0.1, -0.05) is 18.6 Å². The van der Waals surface area contributed by atoms with Crippen LogP contribution in [0, 0.1) is 0 Å². The van der Waals surface area contributed by atoms with Crippen molar-refractivity contribution in [1.82, 2.24) is 4.90 Å². The quantitative estimate of drug-likeness (QED) is 0.866. The van der Waals surface area contributed by atoms with E-state index in [-0.39, 0.29) is 0 Å². The number of β-amino-alcohol motifs (C(OH)–C–C–N with tert-alkyl or cyclic N) is 1. The first kappa shape index (κ1) is 17.9. The van der Waals surface area contributed by atoms with Gasteiger partial charge in [-0.25, -0.2) is 0 Å². The van der Waals surface area contributed by atoms with Crippen LogP contribution in [0.5, 0.6) is 5.75 Å². The second kappa shape index (κ2) is 7.61. The highest BCUT2D eigenvalue weighted by Crippen LogP contribution is 2.36. The molecule has 1 fully saturated rings. The Bertz CT molecular complexity index is 743. The number of piperidine rings is 1. The minimum absolute atomic E-state index is 0.306. The van der Waals surface area contributed by atoms with Crippen LogP contribution in [0.3, 0.4) is 0 Å². The third kappa shape index (κ3) is 3.49. The highest BCUT2D eigenvalue weighted by atomic mass is 16.5. The van der Waals surface area contributed by atoms with Crippen molar-refractivity contribution in [3.63, 3.8) is 0 Å². The third-order valence-corrected chi connectivity index (χ3v) is 6.18. The molecule has 0 radical (unpaired) electrons. The summed E-state index contributed by atoms with van der Waals surface area (Å²) < 4.78 is 12.1. The lowest BCUT2D eigenvalue weighted by Gasteiger charge is -2.40. The Hall–Kier alpha value is -1.52. The summed E-state index contributed by atoms with van der Waals surface area (Å²) in [6.07, 6.45) is 7.79. The molecule has 4 nitrogen and oxygen atoms in total. The first-order valence-corrected chi connectivity index (χ1v) is 10.2. The third-order valence-electron chi connectivity index (χ3n) is 6.18. The lowest BCUT2D eigenvalue weighted by atomic mass is 9.96. The predicted octanol–water partition coefficient (Wildman–Crippen LogP) is 4.31. The zero-order valence-electron chi connectivity index (χ0n) is 16.0. The molecule has 2 aromatic rings. The fraction of sp³-hybridized carbons (Fsp3) is 0.636. The SMILES string of the molecule is C[C@@H]1CCC[C@H](C)N1C[C@H](O)COc1cccc2c3c(oc12)CCCC3. The molecule has 26 heavy (non-hydrogen) atoms. The molecule has 0 amide bonds. The number of likely N-dealkylation sites (tertiary alicyclic amines) is 1. The Labute approximate surface area is 156 Å². The van der Waals surface area contributed by atoms with E-state index >= 15 is 0 Å². The van der Waals surface area contributed by atoms with Gasteiger partial charge in [0.15, 0.2) is 11.3 Å². The highest BCUT2D eigenvalue weighted by molar-refractivity contribution is 5.87. The fourth-order valence-electron chi connectivity index (χ4n) is 4.69. The molecule has 0 spiro atoms. The molecule has 4 rings (SSSR count). The van der Waals surface area contributed by atoms with E-state index in [2.05, 4.69) is 24.8 Å². The van der Waals surface area contributed by atoms with Gasteiger partial charge < -0.3 is 14.3 Å². The van der Waals surface area contributed by atoms with Crippen LogP contribution in [0.25, 0.3) is 11.0 Å². The molecular weight excluding hydrogens is 326 g/mol. The number of para-hydroxylation sites is 1. The van der Waals surface area contributed by atoms with Crippen LogP contribution in [-0.2, 0) is 12.8 Å². The number of benzene rings is 1. The number of hydrogen-bond acceptors (Lipinski definition) is 4. The Morgan fingerprint density at radius 2 is 1.92 bits per heavy atom. The van der Waals surface area contributed by atoms with Gasteiger partial charge in [-0.2, -0.15) is 0 Å². The largest absolute Gasteiger partial charge is 0.487 e. The molecule has 0 bridgehead atoms. The van der Waals surface area contributed by atoms with Crippen LogP contribution in [0.1, 0.15) is 57.3 Å². The summed E-state index contributed by atoms with van der Waals surface area (Å²) in [6, 6.07) is 7.19. The number of aliphatic hydroxyl groups is 1. The number of furan rings is 1. The van der Waals surface area contributed by atoms with Crippen molar-refractivity contribution >= 4 is 11.0 Å². The van der Waals surface area contributed by atoms with Crippen LogP contribution in [0.2, 0.25) is 0 Å². The van der Waals surface area contributed by atoms with E-state index in [0.29, 0.717) is 25.2 Å². The zero-order chi connectivity index (χ0) is 18.1. The van der Waals surface area contributed by atoms with Crippen LogP contribution in [0.15, 0.2) is 22.6 Å². The first-order valence-electron chi connectivity index (χ1n) is 10.2. The van der Waals surface area contributed by atoms with E-state index in [0.717, 1.165) is 29.9 Å². The molecule has 1 aromatic heterocycles. The topological polar surface area (TPSA) is 45.8 Å². The van der Waals surface area contributed by atoms with Crippen molar-refractivity contribution in [2.24, 2.45) is 0 Å². The number of aryl methyl sites for hydroxylation is 2. The molecule has 1 aromatic carbocycles. The number of rotatable bonds is 5. The van der Waals surface area contributed by atoms with Crippen LogP contribution < -0.4 is 4.74 Å². The number of fused-ring (bicyclic) bond motifs is 3. The molecule has 1 aliphatic carbocycles. The first-order chi connectivity index (χ1) is 12.6. The average molecular weight is 357 g/mol. The monoisotopic (exact) mass is 357 g/mol. The standard InChI is InChI=1S/C22H31NO3/c1-15-7-5-8-16(2)23(15)13-17(24)14-25-21-12-6-10-19-18-9-3-4-11-20(18)26-22(19)21/h6,10,12,15-17,24H,3-5,7-9,11,13-14H2,1-2H3/t15-,16+,17-/m0/s1. The lowest BCUT2D eigenvalue weighted by molar-refractivity contribution is 0.0210. The average Bonchev–Trinajstić information content (AvgIpc) is 3.02. The van der Waals surface area contributed by atoms with Crippen LogP contribution in [-0.4, -0.2) is 41.3 Å². The summed E-state index contributed by atoms with van der Waals surface area (Å²) in [5.74, 6) is 1.88. The van der Waals surface area contributed by atoms with Gasteiger partial charge in [0.25, 0.3) is 0 Å². The summed E-state index contributed by atoms with van der Waals surface area (Å²) in [5, 5.41) is 11.7. The molecule has 2 heterocycles. The Balaban J connectivity index is 1.43. The molecule has 4 heteroatoms. The number of aliphatic hydroxyl groups excluding tert-OH is 1. The second-order valence-corrected chi connectivity index (χ2v) is 8.13. The van der Waals surface area contributed by atoms with Crippen LogP contribution in [0.4, 0.5) is 0 Å². The van der Waals surface area contributed by atoms with Gasteiger partial charge in [-0.3, -0.25) is 4.90 Å². The van der Waals surface area contributed by atoms with Crippen molar-refractivity contribution in [1.29, 1.82) is 0 Å². The fourth-order valence-corrected chi connectivity index (χ4v) is 4.69. The van der Waals surface area contributed by atoms with E-state index in [9.17, 15) is 5.11 Å². The summed E-state index contributed by atoms with van der Waals surface area (Å²) in [4.78, 5) is 2.42. The summed E-state index contributed by atoms with van der Waals surface area (Å²) in [5.41, 5.74) is 2.21. The van der Waals surface area contributed by atoms with E-state index in [1.807, 2.05) is 12.1 Å². The Morgan fingerprint density at radius 3 is 2.73 bits per heavy atom. The maximum atomic E-state index is 10.5. The van der Waals surface area contributed by atoms with Gasteiger partial charge >= 0.3 is 0 Å². The van der Waals surface area contributed by atoms with Gasteiger partial charge in [0.1, 0.15) is 18.5 Å². The maximum Gasteiger partial charge on any atom is 0.176 e. The minimum atomic E-state index is -0.488. The summed E-state index contributed by atoms with van der Waals surface area (Å²) in [7, 11) is 0. The predicted molar refractivity (Wildman–Crippen MR) is 104 cm³/mol. The van der Waals surface area contributed by atoms with E-state index in [4.69, 9.17) is 9.15 Å². The molecule has 2 aliphatic rings. The summed E-state index contributed by atoms with van der Waals surface area (Å²) >= 11 is 0. The lowest BCUT2D eigenvalue weighted by Crippen LogP contribution is -2.48. The molecule has 0 unspecified atom stereocenters. The smallest absolute Gasteiger partial charge is 0.176 e. The molecule has 1 saturated heterocycles. The molecular formula is C22H31NO3. The highest BCUT2D eigenvalue weighted by Gasteiger charge is 2.27. The number of hydrogen-bond donors (Lipinski definition) is 1.